The van der Waals surface area contributed by atoms with E-state index in [1.54, 1.807) is 34.1 Å². The van der Waals surface area contributed by atoms with E-state index in [0.29, 0.717) is 54.9 Å². The molecule has 0 bridgehead atoms. The van der Waals surface area contributed by atoms with Gasteiger partial charge in [0, 0.05) is 44.5 Å². The summed E-state index contributed by atoms with van der Waals surface area (Å²) in [5, 5.41) is 16.9. The van der Waals surface area contributed by atoms with Crippen LogP contribution < -0.4 is 20.5 Å². The summed E-state index contributed by atoms with van der Waals surface area (Å²) in [6, 6.07) is 5.11. The summed E-state index contributed by atoms with van der Waals surface area (Å²) in [7, 11) is 1.47. The van der Waals surface area contributed by atoms with Gasteiger partial charge in [-0.15, -0.1) is 0 Å². The second-order valence-corrected chi connectivity index (χ2v) is 11.9. The number of aromatic nitrogens is 4. The van der Waals surface area contributed by atoms with Gasteiger partial charge in [0.25, 0.3) is 11.5 Å². The zero-order valence-corrected chi connectivity index (χ0v) is 26.5. The van der Waals surface area contributed by atoms with Crippen LogP contribution in [-0.4, -0.2) is 93.3 Å². The van der Waals surface area contributed by atoms with Gasteiger partial charge in [-0.2, -0.15) is 31.4 Å². The molecule has 0 spiro atoms. The SMILES string of the molecule is COc1ccc(Cn2ncc(N[C@H](CO[C@@H]3CCN(C4CCN(c5ncc(C(F)(F)F)cn5)CC4)C3=O)[C@@H](C)O)c(C(F)(F)F)c2=O)cc1. The molecule has 0 saturated carbocycles. The molecule has 2 aromatic heterocycles. The maximum absolute atomic E-state index is 14.2. The number of piperidine rings is 1. The first-order valence-corrected chi connectivity index (χ1v) is 15.5. The highest BCUT2D eigenvalue weighted by Crippen LogP contribution is 2.33. The number of methoxy groups -OCH3 is 1. The minimum Gasteiger partial charge on any atom is -0.497 e. The van der Waals surface area contributed by atoms with Crippen LogP contribution >= 0.6 is 0 Å². The second kappa shape index (κ2) is 14.6. The van der Waals surface area contributed by atoms with E-state index >= 15 is 0 Å². The summed E-state index contributed by atoms with van der Waals surface area (Å²) in [5.41, 5.74) is -3.93. The number of hydrogen-bond donors (Lipinski definition) is 2. The summed E-state index contributed by atoms with van der Waals surface area (Å²) in [6.45, 7) is 1.95. The number of ether oxygens (including phenoxy) is 2. The molecule has 0 aliphatic carbocycles. The molecule has 0 radical (unpaired) electrons. The molecule has 266 valence electrons. The van der Waals surface area contributed by atoms with E-state index in [-0.39, 0.29) is 31.0 Å². The van der Waals surface area contributed by atoms with Gasteiger partial charge in [0.2, 0.25) is 5.95 Å². The van der Waals surface area contributed by atoms with E-state index in [1.165, 1.54) is 14.0 Å². The smallest absolute Gasteiger partial charge is 0.423 e. The van der Waals surface area contributed by atoms with Gasteiger partial charge < -0.3 is 29.7 Å². The van der Waals surface area contributed by atoms with Crippen molar-refractivity contribution in [2.75, 3.05) is 43.6 Å². The topological polar surface area (TPSA) is 135 Å². The number of halogens is 6. The summed E-state index contributed by atoms with van der Waals surface area (Å²) in [6.07, 6.45) is -8.08. The maximum atomic E-state index is 14.2. The monoisotopic (exact) mass is 699 g/mol. The number of amides is 1. The molecular formula is C31H35F6N7O5. The van der Waals surface area contributed by atoms with Crippen LogP contribution in [0.15, 0.2) is 47.7 Å². The van der Waals surface area contributed by atoms with Crippen molar-refractivity contribution in [3.8, 4) is 5.75 Å². The molecule has 5 rings (SSSR count). The average molecular weight is 700 g/mol. The van der Waals surface area contributed by atoms with Gasteiger partial charge in [-0.1, -0.05) is 12.1 Å². The van der Waals surface area contributed by atoms with Gasteiger partial charge in [0.15, 0.2) is 0 Å². The highest BCUT2D eigenvalue weighted by Gasteiger charge is 2.41. The van der Waals surface area contributed by atoms with Crippen molar-refractivity contribution >= 4 is 17.5 Å². The van der Waals surface area contributed by atoms with E-state index < -0.39 is 53.0 Å². The van der Waals surface area contributed by atoms with Crippen LogP contribution in [0.5, 0.6) is 5.75 Å². The number of rotatable bonds is 11. The van der Waals surface area contributed by atoms with Crippen LogP contribution in [0, 0.1) is 0 Å². The number of likely N-dealkylation sites (tertiary alicyclic amines) is 1. The van der Waals surface area contributed by atoms with Crippen molar-refractivity contribution in [1.29, 1.82) is 0 Å². The third-order valence-electron chi connectivity index (χ3n) is 8.56. The van der Waals surface area contributed by atoms with Gasteiger partial charge in [0.05, 0.1) is 49.9 Å². The molecule has 2 saturated heterocycles. The van der Waals surface area contributed by atoms with Gasteiger partial charge >= 0.3 is 12.4 Å². The molecule has 0 unspecified atom stereocenters. The second-order valence-electron chi connectivity index (χ2n) is 11.9. The van der Waals surface area contributed by atoms with Crippen LogP contribution in [0.1, 0.15) is 42.9 Å². The minimum absolute atomic E-state index is 0.163. The third-order valence-corrected chi connectivity index (χ3v) is 8.56. The first kappa shape index (κ1) is 35.8. The lowest BCUT2D eigenvalue weighted by Crippen LogP contribution is -2.47. The predicted octanol–water partition coefficient (Wildman–Crippen LogP) is 3.58. The van der Waals surface area contributed by atoms with E-state index in [4.69, 9.17) is 9.47 Å². The summed E-state index contributed by atoms with van der Waals surface area (Å²) in [4.78, 5) is 37.3. The Balaban J connectivity index is 1.19. The van der Waals surface area contributed by atoms with Crippen molar-refractivity contribution in [1.82, 2.24) is 24.6 Å². The zero-order chi connectivity index (χ0) is 35.5. The lowest BCUT2D eigenvalue weighted by molar-refractivity contribution is -0.140. The van der Waals surface area contributed by atoms with Gasteiger partial charge in [0.1, 0.15) is 17.4 Å². The highest BCUT2D eigenvalue weighted by atomic mass is 19.4. The predicted molar refractivity (Wildman–Crippen MR) is 163 cm³/mol. The van der Waals surface area contributed by atoms with E-state index in [2.05, 4.69) is 20.4 Å². The lowest BCUT2D eigenvalue weighted by atomic mass is 10.0. The molecule has 12 nitrogen and oxygen atoms in total. The molecule has 1 aromatic carbocycles. The molecule has 1 amide bonds. The third kappa shape index (κ3) is 8.41. The number of hydrogen-bond acceptors (Lipinski definition) is 10. The highest BCUT2D eigenvalue weighted by molar-refractivity contribution is 5.83. The quantitative estimate of drug-likeness (QED) is 0.286. The summed E-state index contributed by atoms with van der Waals surface area (Å²) in [5.74, 6) is 0.386. The lowest BCUT2D eigenvalue weighted by Gasteiger charge is -2.36. The van der Waals surface area contributed by atoms with Crippen LogP contribution in [0.3, 0.4) is 0 Å². The van der Waals surface area contributed by atoms with Crippen molar-refractivity contribution < 1.29 is 45.7 Å². The van der Waals surface area contributed by atoms with Crippen molar-refractivity contribution in [3.05, 3.63) is 69.9 Å². The van der Waals surface area contributed by atoms with E-state index in [9.17, 15) is 41.0 Å². The number of benzene rings is 1. The number of alkyl halides is 6. The summed E-state index contributed by atoms with van der Waals surface area (Å²) >= 11 is 0. The van der Waals surface area contributed by atoms with Crippen LogP contribution in [0.4, 0.5) is 38.0 Å². The maximum Gasteiger partial charge on any atom is 0.423 e. The largest absolute Gasteiger partial charge is 0.497 e. The van der Waals surface area contributed by atoms with Crippen molar-refractivity contribution in [3.63, 3.8) is 0 Å². The number of aliphatic hydroxyl groups is 1. The Bertz CT molecular complexity index is 1640. The van der Waals surface area contributed by atoms with Crippen LogP contribution in [-0.2, 0) is 28.4 Å². The van der Waals surface area contributed by atoms with E-state index in [0.717, 1.165) is 18.6 Å². The number of nitrogens with zero attached hydrogens (tertiary/aromatic N) is 6. The molecule has 2 aliphatic heterocycles. The molecule has 18 heteroatoms. The zero-order valence-electron chi connectivity index (χ0n) is 26.5. The first-order chi connectivity index (χ1) is 23.2. The molecule has 3 aromatic rings. The van der Waals surface area contributed by atoms with Gasteiger partial charge in [-0.05, 0) is 37.5 Å². The van der Waals surface area contributed by atoms with E-state index in [1.807, 2.05) is 0 Å². The Hall–Kier alpha value is -4.45. The summed E-state index contributed by atoms with van der Waals surface area (Å²) < 4.78 is 92.6. The number of carbonyl (C=O) groups excluding carboxylic acids is 1. The Morgan fingerprint density at radius 1 is 0.959 bits per heavy atom. The fourth-order valence-electron chi connectivity index (χ4n) is 5.81. The standard InChI is InChI=1S/C31H35F6N7O5/c1-18(45)24(41-23-15-40-44(28(47)26(23)31(35,36)37)16-19-3-5-22(48-2)6-4-19)17-49-25-9-12-43(27(25)46)21-7-10-42(11-8-21)29-38-13-20(14-39-29)30(32,33)34/h3-6,13-15,18,21,24-25,41,45H,7-12,16-17H2,1-2H3/t18-,24-,25-/m1/s1. The first-order valence-electron chi connectivity index (χ1n) is 15.5. The van der Waals surface area contributed by atoms with Crippen molar-refractivity contribution in [2.24, 2.45) is 0 Å². The molecular weight excluding hydrogens is 664 g/mol. The Kier molecular flexibility index (Phi) is 10.7. The Morgan fingerprint density at radius 3 is 2.18 bits per heavy atom. The molecule has 2 fully saturated rings. The molecule has 3 atom stereocenters. The van der Waals surface area contributed by atoms with Crippen LogP contribution in [0.2, 0.25) is 0 Å². The Labute approximate surface area is 276 Å². The molecule has 49 heavy (non-hydrogen) atoms. The average Bonchev–Trinajstić information content (AvgIpc) is 3.43. The Morgan fingerprint density at radius 2 is 1.61 bits per heavy atom. The number of anilines is 2. The van der Waals surface area contributed by atoms with Gasteiger partial charge in [-0.3, -0.25) is 9.59 Å². The molecule has 2 N–H and O–H groups in total. The number of aliphatic hydroxyl groups excluding tert-OH is 1. The normalized spacial score (nSPS) is 18.9. The molecule has 2 aliphatic rings. The fourth-order valence-corrected chi connectivity index (χ4v) is 5.81. The van der Waals surface area contributed by atoms with Crippen molar-refractivity contribution in [2.45, 2.75) is 69.4 Å². The number of carbonyl (C=O) groups is 1. The van der Waals surface area contributed by atoms with Crippen LogP contribution in [0.25, 0.3) is 0 Å². The fraction of sp³-hybridized carbons (Fsp3) is 0.516. The molecule has 4 heterocycles. The van der Waals surface area contributed by atoms with Gasteiger partial charge in [-0.25, -0.2) is 14.6 Å². The minimum atomic E-state index is -5.05. The number of nitrogens with one attached hydrogen (secondary N) is 1.